The fourth-order valence-electron chi connectivity index (χ4n) is 3.60. The predicted octanol–water partition coefficient (Wildman–Crippen LogP) is 4.17. The number of hydrogen-bond donors (Lipinski definition) is 1. The van der Waals surface area contributed by atoms with Crippen molar-refractivity contribution in [1.82, 2.24) is 5.32 Å². The summed E-state index contributed by atoms with van der Waals surface area (Å²) in [4.78, 5) is 12.1. The zero-order valence-corrected chi connectivity index (χ0v) is 18.8. The van der Waals surface area contributed by atoms with E-state index in [-0.39, 0.29) is 34.2 Å². The van der Waals surface area contributed by atoms with Gasteiger partial charge in [0, 0.05) is 12.6 Å². The van der Waals surface area contributed by atoms with Crippen LogP contribution in [0.5, 0.6) is 5.75 Å². The molecule has 30 heavy (non-hydrogen) atoms. The van der Waals surface area contributed by atoms with Crippen molar-refractivity contribution in [1.29, 1.82) is 0 Å². The third-order valence-electron chi connectivity index (χ3n) is 5.05. The topological polar surface area (TPSA) is 75.7 Å². The molecule has 1 amide bonds. The van der Waals surface area contributed by atoms with Crippen LogP contribution in [-0.2, 0) is 21.2 Å². The van der Waals surface area contributed by atoms with Crippen molar-refractivity contribution in [2.24, 2.45) is 0 Å². The Kier molecular flexibility index (Phi) is 7.26. The molecule has 1 heterocycles. The number of ether oxygens (including phenoxy) is 1. The number of para-hydroxylation sites is 1. The second-order valence-corrected chi connectivity index (χ2v) is 9.72. The Morgan fingerprint density at radius 2 is 2.03 bits per heavy atom. The van der Waals surface area contributed by atoms with Crippen LogP contribution >= 0.6 is 11.6 Å². The van der Waals surface area contributed by atoms with Gasteiger partial charge in [0.05, 0.1) is 15.6 Å². The number of carbonyl (C=O) groups excluding carboxylic acids is 1. The molecule has 0 saturated carbocycles. The van der Waals surface area contributed by atoms with Crippen LogP contribution in [0.4, 0.5) is 5.69 Å². The van der Waals surface area contributed by atoms with E-state index >= 15 is 0 Å². The lowest BCUT2D eigenvalue weighted by Crippen LogP contribution is -2.36. The lowest BCUT2D eigenvalue weighted by molar-refractivity contribution is -0.123. The van der Waals surface area contributed by atoms with Crippen molar-refractivity contribution in [3.63, 3.8) is 0 Å². The van der Waals surface area contributed by atoms with Crippen molar-refractivity contribution < 1.29 is 17.9 Å². The van der Waals surface area contributed by atoms with Gasteiger partial charge in [0.15, 0.2) is 6.61 Å². The van der Waals surface area contributed by atoms with Gasteiger partial charge in [0.25, 0.3) is 15.9 Å². The van der Waals surface area contributed by atoms with E-state index in [4.69, 9.17) is 16.3 Å². The molecular weight excluding hydrogens is 424 g/mol. The Hall–Kier alpha value is -2.25. The van der Waals surface area contributed by atoms with E-state index in [1.54, 1.807) is 0 Å². The minimum atomic E-state index is -3.75. The zero-order chi connectivity index (χ0) is 21.7. The highest BCUT2D eigenvalue weighted by molar-refractivity contribution is 7.92. The Bertz CT molecular complexity index is 1010. The second-order valence-electron chi connectivity index (χ2n) is 7.45. The van der Waals surface area contributed by atoms with Gasteiger partial charge in [-0.2, -0.15) is 0 Å². The van der Waals surface area contributed by atoms with Crippen LogP contribution < -0.4 is 14.4 Å². The number of carbonyl (C=O) groups is 1. The molecule has 0 saturated heterocycles. The summed E-state index contributed by atoms with van der Waals surface area (Å²) in [6.07, 6.45) is 3.48. The molecule has 2 aromatic rings. The number of benzene rings is 2. The molecule has 0 aromatic heterocycles. The summed E-state index contributed by atoms with van der Waals surface area (Å²) in [6, 6.07) is 11.9. The molecule has 3 rings (SSSR count). The summed E-state index contributed by atoms with van der Waals surface area (Å²) in [5.74, 6) is 0.0293. The molecule has 0 bridgehead atoms. The molecule has 1 aliphatic rings. The van der Waals surface area contributed by atoms with Crippen LogP contribution in [0.3, 0.4) is 0 Å². The van der Waals surface area contributed by atoms with Crippen LogP contribution in [0, 0.1) is 0 Å². The molecule has 0 radical (unpaired) electrons. The number of amides is 1. The van der Waals surface area contributed by atoms with Crippen molar-refractivity contribution in [2.45, 2.75) is 50.5 Å². The van der Waals surface area contributed by atoms with Crippen molar-refractivity contribution in [3.05, 3.63) is 53.1 Å². The van der Waals surface area contributed by atoms with Crippen LogP contribution in [0.2, 0.25) is 5.02 Å². The van der Waals surface area contributed by atoms with Crippen molar-refractivity contribution >= 4 is 33.2 Å². The third kappa shape index (κ3) is 5.08. The van der Waals surface area contributed by atoms with Gasteiger partial charge >= 0.3 is 0 Å². The maximum atomic E-state index is 13.2. The predicted molar refractivity (Wildman–Crippen MR) is 119 cm³/mol. The molecule has 0 spiro atoms. The Balaban J connectivity index is 1.73. The van der Waals surface area contributed by atoms with Crippen LogP contribution in [0.1, 0.15) is 38.7 Å². The first-order valence-electron chi connectivity index (χ1n) is 10.1. The lowest BCUT2D eigenvalue weighted by atomic mass is 10.0. The summed E-state index contributed by atoms with van der Waals surface area (Å²) < 4.78 is 33.4. The van der Waals surface area contributed by atoms with Crippen LogP contribution in [-0.4, -0.2) is 33.5 Å². The molecule has 8 heteroatoms. The molecule has 0 unspecified atom stereocenters. The number of fused-ring (bicyclic) bond motifs is 1. The number of aryl methyl sites for hydroxylation is 1. The van der Waals surface area contributed by atoms with Gasteiger partial charge in [0.2, 0.25) is 0 Å². The first-order valence-corrected chi connectivity index (χ1v) is 12.0. The number of rotatable bonds is 8. The maximum Gasteiger partial charge on any atom is 0.264 e. The average Bonchev–Trinajstić information content (AvgIpc) is 2.72. The lowest BCUT2D eigenvalue weighted by Gasteiger charge is -2.30. The van der Waals surface area contributed by atoms with Gasteiger partial charge in [-0.1, -0.05) is 43.1 Å². The largest absolute Gasteiger partial charge is 0.482 e. The third-order valence-corrected chi connectivity index (χ3v) is 7.15. The van der Waals surface area contributed by atoms with E-state index in [1.807, 2.05) is 31.2 Å². The molecule has 1 atom stereocenters. The number of nitrogens with one attached hydrogen (secondary N) is 1. The summed E-state index contributed by atoms with van der Waals surface area (Å²) >= 11 is 6.27. The smallest absolute Gasteiger partial charge is 0.264 e. The van der Waals surface area contributed by atoms with E-state index in [9.17, 15) is 13.2 Å². The number of halogens is 1. The van der Waals surface area contributed by atoms with Gasteiger partial charge in [0.1, 0.15) is 5.75 Å². The highest BCUT2D eigenvalue weighted by Crippen LogP contribution is 2.34. The van der Waals surface area contributed by atoms with Gasteiger partial charge in [-0.15, -0.1) is 0 Å². The zero-order valence-electron chi connectivity index (χ0n) is 17.2. The molecule has 1 aliphatic heterocycles. The summed E-state index contributed by atoms with van der Waals surface area (Å²) in [7, 11) is -3.75. The number of sulfonamides is 1. The minimum Gasteiger partial charge on any atom is -0.482 e. The standard InChI is InChI=1S/C22H27ClN2O4S/c1-3-7-16(2)24-22(26)15-29-21-12-11-18(14-19(21)23)30(27,28)25-13-6-9-17-8-4-5-10-20(17)25/h4-5,8,10-12,14,16H,3,6-7,9,13,15H2,1-2H3,(H,24,26)/t16-/m0/s1. The van der Waals surface area contributed by atoms with Crippen LogP contribution in [0.15, 0.2) is 47.4 Å². The molecule has 0 fully saturated rings. The first kappa shape index (κ1) is 22.4. The number of anilines is 1. The summed E-state index contributed by atoms with van der Waals surface area (Å²) in [5, 5.41) is 3.00. The van der Waals surface area contributed by atoms with Gasteiger partial charge < -0.3 is 10.1 Å². The first-order chi connectivity index (χ1) is 14.3. The highest BCUT2D eigenvalue weighted by Gasteiger charge is 2.29. The van der Waals surface area contributed by atoms with Crippen molar-refractivity contribution in [2.75, 3.05) is 17.5 Å². The Morgan fingerprint density at radius 1 is 1.27 bits per heavy atom. The highest BCUT2D eigenvalue weighted by atomic mass is 35.5. The average molecular weight is 451 g/mol. The van der Waals surface area contributed by atoms with Gasteiger partial charge in [-0.25, -0.2) is 8.42 Å². The van der Waals surface area contributed by atoms with E-state index in [2.05, 4.69) is 12.2 Å². The van der Waals surface area contributed by atoms with Crippen molar-refractivity contribution in [3.8, 4) is 5.75 Å². The maximum absolute atomic E-state index is 13.2. The SMILES string of the molecule is CCC[C@H](C)NC(=O)COc1ccc(S(=O)(=O)N2CCCc3ccccc32)cc1Cl. The number of nitrogens with zero attached hydrogens (tertiary/aromatic N) is 1. The van der Waals surface area contributed by atoms with Crippen LogP contribution in [0.25, 0.3) is 0 Å². The van der Waals surface area contributed by atoms with E-state index in [0.717, 1.165) is 31.2 Å². The van der Waals surface area contributed by atoms with Gasteiger partial charge in [-0.05, 0) is 56.0 Å². The summed E-state index contributed by atoms with van der Waals surface area (Å²) in [5.41, 5.74) is 1.72. The van der Waals surface area contributed by atoms with E-state index in [1.165, 1.54) is 22.5 Å². The monoisotopic (exact) mass is 450 g/mol. The van der Waals surface area contributed by atoms with E-state index in [0.29, 0.717) is 12.2 Å². The Labute approximate surface area is 183 Å². The normalized spacial score (nSPS) is 14.7. The fraction of sp³-hybridized carbons (Fsp3) is 0.409. The number of hydrogen-bond acceptors (Lipinski definition) is 4. The summed E-state index contributed by atoms with van der Waals surface area (Å²) in [6.45, 7) is 4.23. The molecule has 6 nitrogen and oxygen atoms in total. The Morgan fingerprint density at radius 3 is 2.77 bits per heavy atom. The molecule has 2 aromatic carbocycles. The molecule has 162 valence electrons. The molecule has 0 aliphatic carbocycles. The van der Waals surface area contributed by atoms with E-state index < -0.39 is 10.0 Å². The fourth-order valence-corrected chi connectivity index (χ4v) is 5.47. The van der Waals surface area contributed by atoms with Gasteiger partial charge in [-0.3, -0.25) is 9.10 Å². The second kappa shape index (κ2) is 9.71. The molecule has 1 N–H and O–H groups in total. The molecular formula is C22H27ClN2O4S. The minimum absolute atomic E-state index is 0.0708. The quantitative estimate of drug-likeness (QED) is 0.655.